The van der Waals surface area contributed by atoms with Gasteiger partial charge in [-0.25, -0.2) is 4.79 Å². The van der Waals surface area contributed by atoms with Crippen LogP contribution in [0.1, 0.15) is 123 Å². The number of carbonyl (C=O) groups excluding carboxylic acids is 2. The Bertz CT molecular complexity index is 1400. The van der Waals surface area contributed by atoms with Crippen LogP contribution in [0, 0.1) is 29.6 Å². The van der Waals surface area contributed by atoms with Crippen molar-refractivity contribution in [3.05, 3.63) is 47.1 Å². The zero-order valence-corrected chi connectivity index (χ0v) is 40.2. The molecule has 1 fully saturated rings. The monoisotopic (exact) mass is 805 g/mol. The van der Waals surface area contributed by atoms with Gasteiger partial charge >= 0.3 is 14.5 Å². The maximum atomic E-state index is 14.2. The Balaban J connectivity index is 2.49. The van der Waals surface area contributed by atoms with Gasteiger partial charge in [-0.2, -0.15) is 0 Å². The second-order valence-electron chi connectivity index (χ2n) is 19.9. The van der Waals surface area contributed by atoms with Crippen molar-refractivity contribution in [1.82, 2.24) is 0 Å². The smallest absolute Gasteiger partial charge is 0.349 e. The summed E-state index contributed by atoms with van der Waals surface area (Å²) in [5, 5.41) is 11.5. The van der Waals surface area contributed by atoms with Crippen LogP contribution in [0.25, 0.3) is 0 Å². The highest BCUT2D eigenvalue weighted by atomic mass is 28.4. The van der Waals surface area contributed by atoms with Gasteiger partial charge in [-0.05, 0) is 71.2 Å². The predicted octanol–water partition coefficient (Wildman–Crippen LogP) is 10.7. The third kappa shape index (κ3) is 12.9. The molecule has 0 aliphatic carbocycles. The number of aliphatic hydroxyl groups excluding tert-OH is 1. The first kappa shape index (κ1) is 49.5. The fourth-order valence-corrected chi connectivity index (χ4v) is 15.3. The first-order valence-electron chi connectivity index (χ1n) is 20.8. The van der Waals surface area contributed by atoms with Crippen LogP contribution in [0.4, 0.5) is 0 Å². The minimum Gasteiger partial charge on any atom is -0.456 e. The quantitative estimate of drug-likeness (QED) is 0.172. The van der Waals surface area contributed by atoms with Gasteiger partial charge in [0.2, 0.25) is 0 Å². The zero-order chi connectivity index (χ0) is 42.4. The Hall–Kier alpha value is -1.67. The average Bonchev–Trinajstić information content (AvgIpc) is 3.05. The molecule has 0 amide bonds. The molecular weight excluding hydrogens is 725 g/mol. The van der Waals surface area contributed by atoms with Crippen molar-refractivity contribution in [2.24, 2.45) is 29.6 Å². The van der Waals surface area contributed by atoms with E-state index in [9.17, 15) is 14.7 Å². The molecule has 8 nitrogen and oxygen atoms in total. The average molecular weight is 805 g/mol. The number of hydrogen-bond donors (Lipinski definition) is 1. The van der Waals surface area contributed by atoms with Crippen LogP contribution < -0.4 is 0 Å². The highest BCUT2D eigenvalue weighted by Gasteiger charge is 2.63. The Labute approximate surface area is 338 Å². The standard InChI is InChI=1S/C45H80O8Si2/c1-20-37-34(8)39(52-55(51-37,44(10,11)12)45(13,14)15)27-36(46)33(7)40(47)35(9)42-38(49-16)23-21-22-28(2)24-30(4)41(53-54(17,18)19)31(5)25-29(3)26-32(6)43(48)50-42/h21-23,25-26,30-31,33-35,37-42,47H,20,24,27H2,1-19H3/b23-21+,28-22+,29-25+,32-26+/t30-,31+,33+,34-,35-,37+,38-,39+,40-,41-,42+/m0/s1. The molecule has 2 aliphatic rings. The molecule has 1 saturated heterocycles. The van der Waals surface area contributed by atoms with Gasteiger partial charge in [-0.1, -0.05) is 119 Å². The number of aliphatic hydroxyl groups is 1. The molecule has 0 unspecified atom stereocenters. The Morgan fingerprint density at radius 2 is 1.56 bits per heavy atom. The molecule has 0 aromatic carbocycles. The summed E-state index contributed by atoms with van der Waals surface area (Å²) >= 11 is 0. The maximum Gasteiger partial charge on any atom is 0.349 e. The molecule has 55 heavy (non-hydrogen) atoms. The van der Waals surface area contributed by atoms with Crippen molar-refractivity contribution in [2.75, 3.05) is 7.11 Å². The minimum absolute atomic E-state index is 0.00611. The number of esters is 1. The Morgan fingerprint density at radius 3 is 2.07 bits per heavy atom. The second-order valence-corrected chi connectivity index (χ2v) is 29.1. The largest absolute Gasteiger partial charge is 0.456 e. The van der Waals surface area contributed by atoms with Gasteiger partial charge in [0.15, 0.2) is 8.32 Å². The molecule has 10 heteroatoms. The molecule has 11 atom stereocenters. The molecule has 0 aromatic rings. The summed E-state index contributed by atoms with van der Waals surface area (Å²) in [6, 6.07) is 0. The zero-order valence-electron chi connectivity index (χ0n) is 38.2. The number of allylic oxidation sites excluding steroid dienone is 5. The van der Waals surface area contributed by atoms with E-state index in [2.05, 4.69) is 108 Å². The van der Waals surface area contributed by atoms with Crippen LogP contribution >= 0.6 is 0 Å². The van der Waals surface area contributed by atoms with Crippen LogP contribution in [0.3, 0.4) is 0 Å². The van der Waals surface area contributed by atoms with E-state index < -0.39 is 53.0 Å². The third-order valence-corrected chi connectivity index (χ3v) is 17.9. The van der Waals surface area contributed by atoms with E-state index in [1.807, 2.05) is 32.1 Å². The van der Waals surface area contributed by atoms with Crippen LogP contribution in [0.2, 0.25) is 29.7 Å². The minimum atomic E-state index is -2.87. The number of rotatable bonds is 10. The van der Waals surface area contributed by atoms with Crippen molar-refractivity contribution in [3.63, 3.8) is 0 Å². The van der Waals surface area contributed by atoms with Gasteiger partial charge in [-0.3, -0.25) is 4.79 Å². The lowest BCUT2D eigenvalue weighted by Crippen LogP contribution is -2.66. The molecule has 2 aliphatic heterocycles. The fourth-order valence-electron chi connectivity index (χ4n) is 8.79. The number of ether oxygens (including phenoxy) is 2. The number of methoxy groups -OCH3 is 1. The van der Waals surface area contributed by atoms with Crippen LogP contribution in [-0.4, -0.2) is 77.5 Å². The fraction of sp³-hybridized carbons (Fsp3) is 0.778. The summed E-state index contributed by atoms with van der Waals surface area (Å²) in [5.74, 6) is -1.57. The third-order valence-electron chi connectivity index (χ3n) is 11.7. The number of cyclic esters (lactones) is 1. The topological polar surface area (TPSA) is 101 Å². The highest BCUT2D eigenvalue weighted by molar-refractivity contribution is 6.73. The molecular formula is C45H80O8Si2. The molecule has 316 valence electrons. The van der Waals surface area contributed by atoms with Crippen molar-refractivity contribution < 1.29 is 37.4 Å². The maximum absolute atomic E-state index is 14.2. The van der Waals surface area contributed by atoms with Gasteiger partial charge in [0.05, 0.1) is 24.4 Å². The molecule has 2 heterocycles. The van der Waals surface area contributed by atoms with Gasteiger partial charge in [0.25, 0.3) is 0 Å². The van der Waals surface area contributed by atoms with Crippen LogP contribution in [0.5, 0.6) is 0 Å². The Morgan fingerprint density at radius 1 is 1.00 bits per heavy atom. The van der Waals surface area contributed by atoms with E-state index in [-0.39, 0.29) is 58.3 Å². The number of ketones is 1. The summed E-state index contributed by atoms with van der Waals surface area (Å²) in [4.78, 5) is 27.9. The van der Waals surface area contributed by atoms with E-state index in [1.165, 1.54) is 5.57 Å². The summed E-state index contributed by atoms with van der Waals surface area (Å²) in [6.07, 6.45) is 8.79. The van der Waals surface area contributed by atoms with E-state index >= 15 is 0 Å². The number of carbonyl (C=O) groups is 2. The van der Waals surface area contributed by atoms with Crippen molar-refractivity contribution >= 4 is 28.6 Å². The molecule has 0 spiro atoms. The molecule has 0 aromatic heterocycles. The van der Waals surface area contributed by atoms with Crippen molar-refractivity contribution in [3.8, 4) is 0 Å². The first-order valence-corrected chi connectivity index (χ1v) is 26.0. The lowest BCUT2D eigenvalue weighted by Gasteiger charge is -2.57. The van der Waals surface area contributed by atoms with E-state index in [0.29, 0.717) is 5.57 Å². The normalized spacial score (nSPS) is 34.5. The van der Waals surface area contributed by atoms with E-state index in [0.717, 1.165) is 18.4 Å². The van der Waals surface area contributed by atoms with E-state index in [1.54, 1.807) is 21.0 Å². The van der Waals surface area contributed by atoms with Gasteiger partial charge in [0, 0.05) is 46.9 Å². The predicted molar refractivity (Wildman–Crippen MR) is 231 cm³/mol. The van der Waals surface area contributed by atoms with E-state index in [4.69, 9.17) is 22.8 Å². The lowest BCUT2D eigenvalue weighted by molar-refractivity contribution is -0.159. The Kier molecular flexibility index (Phi) is 17.9. The SMILES string of the molecule is CC[C@H]1O[Si](C(C)(C)C)(C(C)(C)C)O[C@H](CC(=O)[C@@H](C)[C@H](O)[C@H](C)[C@H]2OC(=O)/C(C)=C/C(C)=C/[C@@H](C)[C@@H](O[Si](C)(C)C)[C@@H](C)C/C(C)=C/C=C/[C@@H]2OC)[C@H]1C. The highest BCUT2D eigenvalue weighted by Crippen LogP contribution is 2.56. The van der Waals surface area contributed by atoms with Crippen LogP contribution in [-0.2, 0) is 32.3 Å². The summed E-state index contributed by atoms with van der Waals surface area (Å²) in [6.45, 7) is 37.9. The number of hydrogen-bond acceptors (Lipinski definition) is 8. The molecule has 1 N–H and O–H groups in total. The van der Waals surface area contributed by atoms with Gasteiger partial charge < -0.3 is 27.9 Å². The van der Waals surface area contributed by atoms with Crippen molar-refractivity contribution in [1.29, 1.82) is 0 Å². The lowest BCUT2D eigenvalue weighted by atomic mass is 9.82. The summed E-state index contributed by atoms with van der Waals surface area (Å²) in [7, 11) is -3.13. The van der Waals surface area contributed by atoms with Gasteiger partial charge in [0.1, 0.15) is 18.0 Å². The molecule has 0 radical (unpaired) electrons. The molecule has 2 rings (SSSR count). The summed E-state index contributed by atoms with van der Waals surface area (Å²) < 4.78 is 32.9. The van der Waals surface area contributed by atoms with Crippen LogP contribution in [0.15, 0.2) is 47.1 Å². The van der Waals surface area contributed by atoms with Gasteiger partial charge in [-0.15, -0.1) is 0 Å². The van der Waals surface area contributed by atoms with Crippen molar-refractivity contribution in [2.45, 2.75) is 189 Å². The molecule has 0 bridgehead atoms. The second kappa shape index (κ2) is 19.9. The first-order chi connectivity index (χ1) is 25.1. The summed E-state index contributed by atoms with van der Waals surface area (Å²) in [5.41, 5.74) is 2.58. The number of Topliss-reactive ketones (excluding diaryl/α,β-unsaturated/α-hetero) is 1. The molecule has 0 saturated carbocycles.